The van der Waals surface area contributed by atoms with Crippen molar-refractivity contribution in [1.29, 1.82) is 0 Å². The molecule has 0 saturated carbocycles. The average Bonchev–Trinajstić information content (AvgIpc) is 2.69. The highest BCUT2D eigenvalue weighted by atomic mass is 35.5. The summed E-state index contributed by atoms with van der Waals surface area (Å²) in [6.45, 7) is 1.28. The maximum Gasteiger partial charge on any atom is 0.317 e. The molecule has 1 aliphatic rings. The number of carbonyl (C=O) groups is 1. The largest absolute Gasteiger partial charge is 0.338 e. The first-order valence-electron chi connectivity index (χ1n) is 8.90. The minimum Gasteiger partial charge on any atom is -0.338 e. The molecule has 1 saturated heterocycles. The standard InChI is InChI=1S/C19H21ClFN3O3S/c20-16-5-3-6-17(14-16)28(26,27)24-12-10-23(11-13-24)19(25)22-9-8-15-4-1-2-7-18(15)21/h1-7,14H,8-13H2,(H,22,25). The van der Waals surface area contributed by atoms with E-state index >= 15 is 0 Å². The number of hydrogen-bond donors (Lipinski definition) is 1. The second kappa shape index (κ2) is 8.89. The van der Waals surface area contributed by atoms with Crippen LogP contribution in [0.3, 0.4) is 0 Å². The van der Waals surface area contributed by atoms with Crippen molar-refractivity contribution >= 4 is 27.7 Å². The van der Waals surface area contributed by atoms with E-state index in [4.69, 9.17) is 11.6 Å². The number of nitrogens with one attached hydrogen (secondary N) is 1. The van der Waals surface area contributed by atoms with Crippen LogP contribution in [-0.4, -0.2) is 56.4 Å². The minimum atomic E-state index is -3.64. The summed E-state index contributed by atoms with van der Waals surface area (Å²) in [4.78, 5) is 14.0. The van der Waals surface area contributed by atoms with Gasteiger partial charge in [-0.25, -0.2) is 17.6 Å². The monoisotopic (exact) mass is 425 g/mol. The first-order valence-corrected chi connectivity index (χ1v) is 10.7. The number of rotatable bonds is 5. The second-order valence-corrected chi connectivity index (χ2v) is 8.80. The van der Waals surface area contributed by atoms with Crippen molar-refractivity contribution in [3.05, 3.63) is 64.9 Å². The van der Waals surface area contributed by atoms with Crippen molar-refractivity contribution in [3.8, 4) is 0 Å². The molecular formula is C19H21ClFN3O3S. The van der Waals surface area contributed by atoms with E-state index in [1.807, 2.05) is 0 Å². The summed E-state index contributed by atoms with van der Waals surface area (Å²) in [5.41, 5.74) is 0.542. The Morgan fingerprint density at radius 1 is 1.07 bits per heavy atom. The molecule has 0 bridgehead atoms. The number of halogens is 2. The Morgan fingerprint density at radius 2 is 1.79 bits per heavy atom. The molecule has 9 heteroatoms. The molecule has 2 aromatic carbocycles. The molecule has 0 unspecified atom stereocenters. The van der Waals surface area contributed by atoms with Gasteiger partial charge in [-0.3, -0.25) is 0 Å². The molecule has 0 radical (unpaired) electrons. The summed E-state index contributed by atoms with van der Waals surface area (Å²) in [5, 5.41) is 3.11. The molecule has 150 valence electrons. The maximum atomic E-state index is 13.6. The summed E-state index contributed by atoms with van der Waals surface area (Å²) in [5.74, 6) is -0.295. The van der Waals surface area contributed by atoms with Gasteiger partial charge in [-0.1, -0.05) is 35.9 Å². The first-order chi connectivity index (χ1) is 13.4. The van der Waals surface area contributed by atoms with Crippen molar-refractivity contribution in [1.82, 2.24) is 14.5 Å². The minimum absolute atomic E-state index is 0.141. The smallest absolute Gasteiger partial charge is 0.317 e. The molecular weight excluding hydrogens is 405 g/mol. The van der Waals surface area contributed by atoms with Gasteiger partial charge < -0.3 is 10.2 Å². The Morgan fingerprint density at radius 3 is 2.46 bits per heavy atom. The zero-order valence-corrected chi connectivity index (χ0v) is 16.7. The zero-order chi connectivity index (χ0) is 20.1. The summed E-state index contributed by atoms with van der Waals surface area (Å²) < 4.78 is 40.3. The van der Waals surface area contributed by atoms with E-state index in [0.717, 1.165) is 0 Å². The molecule has 2 aromatic rings. The number of carbonyl (C=O) groups excluding carboxylic acids is 1. The number of sulfonamides is 1. The Bertz CT molecular complexity index is 947. The molecule has 0 aromatic heterocycles. The molecule has 0 aliphatic carbocycles. The van der Waals surface area contributed by atoms with Gasteiger partial charge in [0.25, 0.3) is 0 Å². The molecule has 6 nitrogen and oxygen atoms in total. The molecule has 1 heterocycles. The third kappa shape index (κ3) is 4.81. The van der Waals surface area contributed by atoms with Crippen molar-refractivity contribution in [2.75, 3.05) is 32.7 Å². The normalized spacial score (nSPS) is 15.4. The Hall–Kier alpha value is -2.16. The van der Waals surface area contributed by atoms with E-state index in [1.54, 1.807) is 35.2 Å². The molecule has 28 heavy (non-hydrogen) atoms. The molecule has 1 aliphatic heterocycles. The van der Waals surface area contributed by atoms with Crippen LogP contribution in [0.5, 0.6) is 0 Å². The van der Waals surface area contributed by atoms with Gasteiger partial charge >= 0.3 is 6.03 Å². The van der Waals surface area contributed by atoms with Crippen molar-refractivity contribution in [3.63, 3.8) is 0 Å². The van der Waals surface area contributed by atoms with Gasteiger partial charge in [-0.15, -0.1) is 0 Å². The Balaban J connectivity index is 1.50. The van der Waals surface area contributed by atoms with Crippen molar-refractivity contribution in [2.45, 2.75) is 11.3 Å². The van der Waals surface area contributed by atoms with Crippen LogP contribution in [0, 0.1) is 5.82 Å². The number of benzene rings is 2. The second-order valence-electron chi connectivity index (χ2n) is 6.42. The Kier molecular flexibility index (Phi) is 6.53. The maximum absolute atomic E-state index is 13.6. The van der Waals surface area contributed by atoms with Crippen LogP contribution in [0.15, 0.2) is 53.4 Å². The van der Waals surface area contributed by atoms with Gasteiger partial charge in [0, 0.05) is 37.7 Å². The summed E-state index contributed by atoms with van der Waals surface area (Å²) in [7, 11) is -3.64. The molecule has 1 fully saturated rings. The highest BCUT2D eigenvalue weighted by Crippen LogP contribution is 2.20. The lowest BCUT2D eigenvalue weighted by atomic mass is 10.1. The molecule has 0 spiro atoms. The quantitative estimate of drug-likeness (QED) is 0.800. The number of hydrogen-bond acceptors (Lipinski definition) is 3. The molecule has 1 N–H and O–H groups in total. The first kappa shape index (κ1) is 20.6. The van der Waals surface area contributed by atoms with Crippen LogP contribution >= 0.6 is 11.6 Å². The predicted octanol–water partition coefficient (Wildman–Crippen LogP) is 2.74. The van der Waals surface area contributed by atoms with Crippen molar-refractivity contribution in [2.24, 2.45) is 0 Å². The van der Waals surface area contributed by atoms with Gasteiger partial charge in [-0.2, -0.15) is 4.31 Å². The van der Waals surface area contributed by atoms with E-state index in [2.05, 4.69) is 5.32 Å². The summed E-state index contributed by atoms with van der Waals surface area (Å²) >= 11 is 5.89. The van der Waals surface area contributed by atoms with Crippen LogP contribution in [0.25, 0.3) is 0 Å². The van der Waals surface area contributed by atoms with E-state index in [9.17, 15) is 17.6 Å². The highest BCUT2D eigenvalue weighted by molar-refractivity contribution is 7.89. The SMILES string of the molecule is O=C(NCCc1ccccc1F)N1CCN(S(=O)(=O)c2cccc(Cl)c2)CC1. The van der Waals surface area contributed by atoms with Gasteiger partial charge in [0.1, 0.15) is 5.82 Å². The lowest BCUT2D eigenvalue weighted by Crippen LogP contribution is -2.53. The van der Waals surface area contributed by atoms with E-state index < -0.39 is 10.0 Å². The van der Waals surface area contributed by atoms with Gasteiger partial charge in [0.15, 0.2) is 0 Å². The fraction of sp³-hybridized carbons (Fsp3) is 0.316. The van der Waals surface area contributed by atoms with Crippen LogP contribution in [0.4, 0.5) is 9.18 Å². The van der Waals surface area contributed by atoms with Crippen LogP contribution in [0.2, 0.25) is 5.02 Å². The van der Waals surface area contributed by atoms with Gasteiger partial charge in [-0.05, 0) is 36.2 Å². The van der Waals surface area contributed by atoms with E-state index in [0.29, 0.717) is 23.6 Å². The molecule has 0 atom stereocenters. The lowest BCUT2D eigenvalue weighted by Gasteiger charge is -2.34. The zero-order valence-electron chi connectivity index (χ0n) is 15.1. The highest BCUT2D eigenvalue weighted by Gasteiger charge is 2.30. The number of urea groups is 1. The van der Waals surface area contributed by atoms with Crippen LogP contribution in [-0.2, 0) is 16.4 Å². The average molecular weight is 426 g/mol. The Labute approximate surface area is 168 Å². The summed E-state index contributed by atoms with van der Waals surface area (Å²) in [6, 6.07) is 12.3. The third-order valence-corrected chi connectivity index (χ3v) is 6.72. The number of piperazine rings is 1. The molecule has 3 rings (SSSR count). The van der Waals surface area contributed by atoms with Gasteiger partial charge in [0.05, 0.1) is 4.90 Å². The molecule has 2 amide bonds. The predicted molar refractivity (Wildman–Crippen MR) is 105 cm³/mol. The fourth-order valence-corrected chi connectivity index (χ4v) is 4.75. The van der Waals surface area contributed by atoms with Crippen molar-refractivity contribution < 1.29 is 17.6 Å². The topological polar surface area (TPSA) is 69.7 Å². The van der Waals surface area contributed by atoms with Gasteiger partial charge in [0.2, 0.25) is 10.0 Å². The summed E-state index contributed by atoms with van der Waals surface area (Å²) in [6.07, 6.45) is 0.390. The van der Waals surface area contributed by atoms with Crippen LogP contribution < -0.4 is 5.32 Å². The number of nitrogens with zero attached hydrogens (tertiary/aromatic N) is 2. The number of amides is 2. The fourth-order valence-electron chi connectivity index (χ4n) is 3.03. The van der Waals surface area contributed by atoms with Crippen LogP contribution in [0.1, 0.15) is 5.56 Å². The lowest BCUT2D eigenvalue weighted by molar-refractivity contribution is 0.172. The van der Waals surface area contributed by atoms with E-state index in [1.165, 1.54) is 22.5 Å². The van der Waals surface area contributed by atoms with E-state index in [-0.39, 0.29) is 42.9 Å². The third-order valence-electron chi connectivity index (χ3n) is 4.59.